The first-order valence-corrected chi connectivity index (χ1v) is 17.5. The van der Waals surface area contributed by atoms with E-state index in [0.717, 1.165) is 76.0 Å². The molecule has 0 aliphatic carbocycles. The quantitative estimate of drug-likeness (QED) is 0.164. The van der Waals surface area contributed by atoms with Crippen LogP contribution in [0.2, 0.25) is 0 Å². The van der Waals surface area contributed by atoms with Crippen LogP contribution in [0.25, 0.3) is 42.3 Å². The number of carbonyl (C=O) groups is 1. The van der Waals surface area contributed by atoms with Gasteiger partial charge in [0.15, 0.2) is 11.3 Å². The Bertz CT molecular complexity index is 1860. The molecule has 1 fully saturated rings. The van der Waals surface area contributed by atoms with E-state index in [9.17, 15) is 9.59 Å². The van der Waals surface area contributed by atoms with Crippen molar-refractivity contribution < 1.29 is 13.9 Å². The van der Waals surface area contributed by atoms with Crippen LogP contribution in [0.1, 0.15) is 54.4 Å². The summed E-state index contributed by atoms with van der Waals surface area (Å²) in [5, 5.41) is 5.98. The Morgan fingerprint density at radius 3 is 2.28 bits per heavy atom. The molecule has 0 bridgehead atoms. The largest absolute Gasteiger partial charge is 0.440 e. The number of hydrogen-bond acceptors (Lipinski definition) is 7. The topological polar surface area (TPSA) is 75.0 Å². The molecule has 3 heterocycles. The number of hydrogen-bond donors (Lipinski definition) is 1. The zero-order chi connectivity index (χ0) is 32.8. The van der Waals surface area contributed by atoms with E-state index in [1.165, 1.54) is 0 Å². The van der Waals surface area contributed by atoms with Crippen LogP contribution in [-0.4, -0.2) is 56.7 Å². The van der Waals surface area contributed by atoms with Gasteiger partial charge in [0.25, 0.3) is 0 Å². The summed E-state index contributed by atoms with van der Waals surface area (Å²) in [5.74, 6) is 0.629. The standard InChI is InChI=1S/C36H41N3O4S.C2H6/c1-5-15-39(16-6-2)32-22-30(40)28-12-7-9-25(33(28)43-32)26-10-8-11-27-29-21-24(13-14-31(29)44-34(26)27)37-35(41)36(3,4)23-38-17-19-42-20-18-38;1-2/h7-14,21-22H,5-6,15-20,23H2,1-4H3,(H,37,41);1-2H3. The van der Waals surface area contributed by atoms with Gasteiger partial charge in [-0.15, -0.1) is 11.3 Å². The number of anilines is 2. The van der Waals surface area contributed by atoms with Crippen molar-refractivity contribution >= 4 is 60.0 Å². The summed E-state index contributed by atoms with van der Waals surface area (Å²) < 4.78 is 14.3. The second-order valence-electron chi connectivity index (χ2n) is 12.3. The second-order valence-corrected chi connectivity index (χ2v) is 13.4. The van der Waals surface area contributed by atoms with E-state index in [-0.39, 0.29) is 11.3 Å². The molecule has 46 heavy (non-hydrogen) atoms. The minimum atomic E-state index is -0.544. The number of rotatable bonds is 10. The molecule has 7 nitrogen and oxygen atoms in total. The van der Waals surface area contributed by atoms with Crippen molar-refractivity contribution in [1.82, 2.24) is 4.90 Å². The minimum absolute atomic E-state index is 0.00495. The van der Waals surface area contributed by atoms with Crippen molar-refractivity contribution in [3.05, 3.63) is 70.9 Å². The molecule has 0 unspecified atom stereocenters. The summed E-state index contributed by atoms with van der Waals surface area (Å²) in [6.07, 6.45) is 1.94. The van der Waals surface area contributed by atoms with Crippen LogP contribution < -0.4 is 15.6 Å². The van der Waals surface area contributed by atoms with Crippen molar-refractivity contribution in [2.45, 2.75) is 54.4 Å². The first kappa shape index (κ1) is 33.6. The monoisotopic (exact) mass is 641 g/mol. The van der Waals surface area contributed by atoms with Crippen LogP contribution in [-0.2, 0) is 9.53 Å². The molecule has 3 aromatic carbocycles. The Kier molecular flexibility index (Phi) is 10.8. The van der Waals surface area contributed by atoms with Crippen molar-refractivity contribution in [3.8, 4) is 11.1 Å². The van der Waals surface area contributed by atoms with E-state index in [1.807, 2.05) is 52.0 Å². The van der Waals surface area contributed by atoms with Crippen molar-refractivity contribution in [2.24, 2.45) is 5.41 Å². The van der Waals surface area contributed by atoms with Gasteiger partial charge in [-0.05, 0) is 51.0 Å². The van der Waals surface area contributed by atoms with Gasteiger partial charge in [-0.3, -0.25) is 14.5 Å². The molecule has 0 saturated carbocycles. The number of ether oxygens (including phenoxy) is 1. The van der Waals surface area contributed by atoms with Gasteiger partial charge in [-0.25, -0.2) is 0 Å². The average molecular weight is 642 g/mol. The molecule has 0 atom stereocenters. The van der Waals surface area contributed by atoms with Crippen molar-refractivity contribution in [1.29, 1.82) is 0 Å². The fourth-order valence-corrected chi connectivity index (χ4v) is 7.39. The van der Waals surface area contributed by atoms with Gasteiger partial charge in [0, 0.05) is 75.8 Å². The van der Waals surface area contributed by atoms with Gasteiger partial charge in [-0.1, -0.05) is 58.0 Å². The Labute approximate surface area is 276 Å². The molecular weight excluding hydrogens is 595 g/mol. The molecule has 0 spiro atoms. The summed E-state index contributed by atoms with van der Waals surface area (Å²) in [5.41, 5.74) is 2.77. The Morgan fingerprint density at radius 1 is 0.913 bits per heavy atom. The fraction of sp³-hybridized carbons (Fsp3) is 0.421. The lowest BCUT2D eigenvalue weighted by molar-refractivity contribution is -0.125. The number of para-hydroxylation sites is 1. The predicted octanol–water partition coefficient (Wildman–Crippen LogP) is 8.78. The first-order valence-electron chi connectivity index (χ1n) is 16.7. The van der Waals surface area contributed by atoms with E-state index >= 15 is 0 Å². The molecule has 5 aromatic rings. The van der Waals surface area contributed by atoms with Crippen LogP contribution in [0, 0.1) is 5.41 Å². The summed E-state index contributed by atoms with van der Waals surface area (Å²) in [6.45, 7) is 17.8. The van der Waals surface area contributed by atoms with Gasteiger partial charge in [0.2, 0.25) is 5.91 Å². The maximum atomic E-state index is 13.4. The van der Waals surface area contributed by atoms with E-state index in [2.05, 4.69) is 59.3 Å². The smallest absolute Gasteiger partial charge is 0.231 e. The third kappa shape index (κ3) is 6.99. The van der Waals surface area contributed by atoms with E-state index < -0.39 is 5.41 Å². The van der Waals surface area contributed by atoms with Gasteiger partial charge in [0.1, 0.15) is 5.58 Å². The van der Waals surface area contributed by atoms with Gasteiger partial charge in [-0.2, -0.15) is 0 Å². The fourth-order valence-electron chi connectivity index (χ4n) is 6.18. The van der Waals surface area contributed by atoms with E-state index in [0.29, 0.717) is 36.6 Å². The average Bonchev–Trinajstić information content (AvgIpc) is 3.44. The van der Waals surface area contributed by atoms with Crippen LogP contribution >= 0.6 is 11.3 Å². The molecular formula is C38H47N3O4S. The maximum absolute atomic E-state index is 13.4. The third-order valence-electron chi connectivity index (χ3n) is 8.42. The van der Waals surface area contributed by atoms with Crippen LogP contribution in [0.5, 0.6) is 0 Å². The molecule has 1 saturated heterocycles. The summed E-state index contributed by atoms with van der Waals surface area (Å²) in [4.78, 5) is 31.1. The zero-order valence-electron chi connectivity index (χ0n) is 28.1. The van der Waals surface area contributed by atoms with Crippen LogP contribution in [0.4, 0.5) is 11.6 Å². The normalized spacial score (nSPS) is 14.0. The lowest BCUT2D eigenvalue weighted by Gasteiger charge is -2.33. The molecule has 1 amide bonds. The maximum Gasteiger partial charge on any atom is 0.231 e. The number of amides is 1. The molecule has 2 aromatic heterocycles. The predicted molar refractivity (Wildman–Crippen MR) is 195 cm³/mol. The highest BCUT2D eigenvalue weighted by Gasteiger charge is 2.31. The third-order valence-corrected chi connectivity index (χ3v) is 9.64. The minimum Gasteiger partial charge on any atom is -0.440 e. The Hall–Kier alpha value is -3.72. The zero-order valence-corrected chi connectivity index (χ0v) is 28.9. The van der Waals surface area contributed by atoms with Gasteiger partial charge >= 0.3 is 0 Å². The Balaban J connectivity index is 0.00000204. The summed E-state index contributed by atoms with van der Waals surface area (Å²) >= 11 is 1.72. The lowest BCUT2D eigenvalue weighted by atomic mass is 9.91. The van der Waals surface area contributed by atoms with Crippen molar-refractivity contribution in [2.75, 3.05) is 56.2 Å². The first-order chi connectivity index (χ1) is 22.3. The molecule has 0 radical (unpaired) electrons. The molecule has 6 rings (SSSR count). The number of fused-ring (bicyclic) bond motifs is 4. The molecule has 1 N–H and O–H groups in total. The lowest BCUT2D eigenvalue weighted by Crippen LogP contribution is -2.46. The molecule has 1 aliphatic rings. The summed E-state index contributed by atoms with van der Waals surface area (Å²) in [6, 6.07) is 19.9. The Morgan fingerprint density at radius 2 is 1.59 bits per heavy atom. The number of nitrogens with zero attached hydrogens (tertiary/aromatic N) is 2. The van der Waals surface area contributed by atoms with E-state index in [1.54, 1.807) is 17.4 Å². The van der Waals surface area contributed by atoms with Gasteiger partial charge < -0.3 is 19.4 Å². The van der Waals surface area contributed by atoms with Crippen molar-refractivity contribution in [3.63, 3.8) is 0 Å². The highest BCUT2D eigenvalue weighted by atomic mass is 32.1. The number of carbonyl (C=O) groups excluding carboxylic acids is 1. The van der Waals surface area contributed by atoms with Crippen LogP contribution in [0.15, 0.2) is 69.9 Å². The van der Waals surface area contributed by atoms with Gasteiger partial charge in [0.05, 0.1) is 24.0 Å². The summed E-state index contributed by atoms with van der Waals surface area (Å²) in [7, 11) is 0. The molecule has 1 aliphatic heterocycles. The molecule has 244 valence electrons. The molecule has 8 heteroatoms. The highest BCUT2D eigenvalue weighted by Crippen LogP contribution is 2.42. The SMILES string of the molecule is CC.CCCN(CCC)c1cc(=O)c2cccc(-c3cccc4c3sc3ccc(NC(=O)C(C)(C)CN5CCOCC5)cc34)c2o1. The number of benzene rings is 3. The highest BCUT2D eigenvalue weighted by molar-refractivity contribution is 7.26. The second kappa shape index (κ2) is 14.8. The number of morpholine rings is 1. The number of thiophene rings is 1. The van der Waals surface area contributed by atoms with E-state index in [4.69, 9.17) is 9.15 Å². The van der Waals surface area contributed by atoms with Crippen LogP contribution in [0.3, 0.4) is 0 Å². The number of nitrogens with one attached hydrogen (secondary N) is 1.